The fraction of sp³-hybridized carbons (Fsp3) is 0.200. The molecule has 0 fully saturated rings. The van der Waals surface area contributed by atoms with Gasteiger partial charge in [0.2, 0.25) is 0 Å². The molecule has 1 N–H and O–H groups in total. The average molecular weight is 214 g/mol. The van der Waals surface area contributed by atoms with Gasteiger partial charge >= 0.3 is 0 Å². The van der Waals surface area contributed by atoms with E-state index >= 15 is 0 Å². The van der Waals surface area contributed by atoms with Crippen LogP contribution in [0.5, 0.6) is 0 Å². The molecule has 2 heterocycles. The van der Waals surface area contributed by atoms with E-state index in [1.54, 1.807) is 35.4 Å². The molecule has 16 heavy (non-hydrogen) atoms. The van der Waals surface area contributed by atoms with Gasteiger partial charge in [-0.05, 0) is 12.1 Å². The van der Waals surface area contributed by atoms with Crippen LogP contribution in [-0.2, 0) is 6.54 Å². The van der Waals surface area contributed by atoms with Gasteiger partial charge in [0, 0.05) is 18.9 Å². The van der Waals surface area contributed by atoms with Crippen LogP contribution in [0.2, 0.25) is 0 Å². The van der Waals surface area contributed by atoms with Crippen molar-refractivity contribution in [1.82, 2.24) is 20.0 Å². The Morgan fingerprint density at radius 3 is 3.12 bits per heavy atom. The van der Waals surface area contributed by atoms with E-state index in [0.29, 0.717) is 24.5 Å². The zero-order valence-corrected chi connectivity index (χ0v) is 8.54. The van der Waals surface area contributed by atoms with Gasteiger partial charge in [-0.3, -0.25) is 4.68 Å². The first kappa shape index (κ1) is 10.1. The molecule has 2 aromatic rings. The minimum atomic E-state index is 0.543. The second-order valence-electron chi connectivity index (χ2n) is 3.10. The van der Waals surface area contributed by atoms with Gasteiger partial charge < -0.3 is 5.32 Å². The van der Waals surface area contributed by atoms with Gasteiger partial charge in [-0.1, -0.05) is 5.21 Å². The Labute approximate surface area is 92.5 Å². The van der Waals surface area contributed by atoms with Crippen LogP contribution in [-0.4, -0.2) is 26.5 Å². The van der Waals surface area contributed by atoms with Crippen LogP contribution in [0.15, 0.2) is 30.7 Å². The first-order chi connectivity index (χ1) is 7.90. The third kappa shape index (κ3) is 2.33. The van der Waals surface area contributed by atoms with Crippen molar-refractivity contribution in [3.63, 3.8) is 0 Å². The van der Waals surface area contributed by atoms with Crippen molar-refractivity contribution in [1.29, 1.82) is 5.26 Å². The van der Waals surface area contributed by atoms with Crippen molar-refractivity contribution < 1.29 is 0 Å². The number of pyridine rings is 1. The Hall–Kier alpha value is -2.42. The van der Waals surface area contributed by atoms with Gasteiger partial charge in [-0.2, -0.15) is 5.26 Å². The lowest BCUT2D eigenvalue weighted by Gasteiger charge is -2.06. The molecule has 6 nitrogen and oxygen atoms in total. The van der Waals surface area contributed by atoms with E-state index < -0.39 is 0 Å². The Morgan fingerprint density at radius 2 is 2.38 bits per heavy atom. The summed E-state index contributed by atoms with van der Waals surface area (Å²) >= 11 is 0. The number of aromatic nitrogens is 4. The van der Waals surface area contributed by atoms with E-state index in [-0.39, 0.29) is 0 Å². The van der Waals surface area contributed by atoms with Crippen LogP contribution >= 0.6 is 0 Å². The largest absolute Gasteiger partial charge is 0.367 e. The summed E-state index contributed by atoms with van der Waals surface area (Å²) in [6.07, 6.45) is 5.06. The van der Waals surface area contributed by atoms with E-state index in [1.165, 1.54) is 0 Å². The van der Waals surface area contributed by atoms with Crippen LogP contribution in [0, 0.1) is 11.3 Å². The zero-order chi connectivity index (χ0) is 11.2. The van der Waals surface area contributed by atoms with Crippen LogP contribution in [0.3, 0.4) is 0 Å². The van der Waals surface area contributed by atoms with Crippen LogP contribution in [0.1, 0.15) is 5.56 Å². The van der Waals surface area contributed by atoms with E-state index in [1.807, 2.05) is 0 Å². The lowest BCUT2D eigenvalue weighted by Crippen LogP contribution is -2.12. The molecule has 2 aromatic heterocycles. The highest BCUT2D eigenvalue weighted by atomic mass is 15.4. The molecule has 0 saturated heterocycles. The zero-order valence-electron chi connectivity index (χ0n) is 8.54. The van der Waals surface area contributed by atoms with Crippen molar-refractivity contribution in [2.45, 2.75) is 6.54 Å². The molecule has 0 spiro atoms. The Bertz CT molecular complexity index is 484. The summed E-state index contributed by atoms with van der Waals surface area (Å²) in [6, 6.07) is 5.54. The van der Waals surface area contributed by atoms with E-state index in [4.69, 9.17) is 5.26 Å². The standard InChI is InChI=1S/C10H10N6/c11-8-9-2-1-3-12-10(9)13-4-6-16-7-5-14-15-16/h1-3,5,7H,4,6H2,(H,12,13). The number of nitrogens with one attached hydrogen (secondary N) is 1. The number of anilines is 1. The maximum atomic E-state index is 8.84. The molecule has 2 rings (SSSR count). The molecule has 0 amide bonds. The number of hydrogen-bond donors (Lipinski definition) is 1. The molecule has 0 bridgehead atoms. The van der Waals surface area contributed by atoms with Crippen molar-refractivity contribution >= 4 is 5.82 Å². The summed E-state index contributed by atoms with van der Waals surface area (Å²) < 4.78 is 1.71. The highest BCUT2D eigenvalue weighted by Gasteiger charge is 2.00. The van der Waals surface area contributed by atoms with Crippen molar-refractivity contribution in [3.8, 4) is 6.07 Å². The first-order valence-corrected chi connectivity index (χ1v) is 4.83. The summed E-state index contributed by atoms with van der Waals surface area (Å²) in [7, 11) is 0. The highest BCUT2D eigenvalue weighted by Crippen LogP contribution is 2.08. The predicted octanol–water partition coefficient (Wildman–Crippen LogP) is 0.657. The van der Waals surface area contributed by atoms with Crippen LogP contribution in [0.25, 0.3) is 0 Å². The lowest BCUT2D eigenvalue weighted by atomic mass is 10.3. The Balaban J connectivity index is 1.93. The summed E-state index contributed by atoms with van der Waals surface area (Å²) in [5.41, 5.74) is 0.543. The third-order valence-electron chi connectivity index (χ3n) is 2.03. The summed E-state index contributed by atoms with van der Waals surface area (Å²) in [4.78, 5) is 4.09. The van der Waals surface area contributed by atoms with Crippen molar-refractivity contribution in [2.24, 2.45) is 0 Å². The highest BCUT2D eigenvalue weighted by molar-refractivity contribution is 5.50. The smallest absolute Gasteiger partial charge is 0.143 e. The fourth-order valence-corrected chi connectivity index (χ4v) is 1.28. The predicted molar refractivity (Wildman–Crippen MR) is 57.5 cm³/mol. The summed E-state index contributed by atoms with van der Waals surface area (Å²) in [6.45, 7) is 1.33. The lowest BCUT2D eigenvalue weighted by molar-refractivity contribution is 0.608. The molecule has 80 valence electrons. The van der Waals surface area contributed by atoms with Gasteiger partial charge in [-0.25, -0.2) is 4.98 Å². The molecule has 6 heteroatoms. The van der Waals surface area contributed by atoms with Gasteiger partial charge in [0.05, 0.1) is 18.3 Å². The molecular weight excluding hydrogens is 204 g/mol. The molecule has 0 aliphatic rings. The van der Waals surface area contributed by atoms with E-state index in [2.05, 4.69) is 26.7 Å². The minimum Gasteiger partial charge on any atom is -0.367 e. The summed E-state index contributed by atoms with van der Waals surface area (Å²) in [5.74, 6) is 0.602. The third-order valence-corrected chi connectivity index (χ3v) is 2.03. The second kappa shape index (κ2) is 4.89. The molecule has 0 unspecified atom stereocenters. The monoisotopic (exact) mass is 214 g/mol. The number of nitrogens with zero attached hydrogens (tertiary/aromatic N) is 5. The van der Waals surface area contributed by atoms with E-state index in [9.17, 15) is 0 Å². The summed E-state index contributed by atoms with van der Waals surface area (Å²) in [5, 5.41) is 19.5. The number of nitriles is 1. The Morgan fingerprint density at radius 1 is 1.44 bits per heavy atom. The second-order valence-corrected chi connectivity index (χ2v) is 3.10. The number of hydrogen-bond acceptors (Lipinski definition) is 5. The molecule has 0 aliphatic carbocycles. The normalized spacial score (nSPS) is 9.69. The number of rotatable bonds is 4. The minimum absolute atomic E-state index is 0.543. The SMILES string of the molecule is N#Cc1cccnc1NCCn1ccnn1. The van der Waals surface area contributed by atoms with E-state index in [0.717, 1.165) is 0 Å². The average Bonchev–Trinajstić information content (AvgIpc) is 2.83. The van der Waals surface area contributed by atoms with Crippen LogP contribution in [0.4, 0.5) is 5.82 Å². The maximum absolute atomic E-state index is 8.84. The van der Waals surface area contributed by atoms with Crippen molar-refractivity contribution in [3.05, 3.63) is 36.3 Å². The molecule has 0 saturated carbocycles. The topological polar surface area (TPSA) is 79.4 Å². The van der Waals surface area contributed by atoms with Gasteiger partial charge in [0.1, 0.15) is 11.9 Å². The fourth-order valence-electron chi connectivity index (χ4n) is 1.28. The van der Waals surface area contributed by atoms with Gasteiger partial charge in [0.15, 0.2) is 0 Å². The van der Waals surface area contributed by atoms with Crippen LogP contribution < -0.4 is 5.32 Å². The molecule has 0 atom stereocenters. The van der Waals surface area contributed by atoms with Crippen molar-refractivity contribution in [2.75, 3.05) is 11.9 Å². The maximum Gasteiger partial charge on any atom is 0.143 e. The molecular formula is C10H10N6. The van der Waals surface area contributed by atoms with Gasteiger partial charge in [-0.15, -0.1) is 5.10 Å². The van der Waals surface area contributed by atoms with Gasteiger partial charge in [0.25, 0.3) is 0 Å². The molecule has 0 radical (unpaired) electrons. The molecule has 0 aliphatic heterocycles. The first-order valence-electron chi connectivity index (χ1n) is 4.83. The quantitative estimate of drug-likeness (QED) is 0.808. The molecule has 0 aromatic carbocycles. The Kier molecular flexibility index (Phi) is 3.09.